The Morgan fingerprint density at radius 3 is 2.61 bits per heavy atom. The van der Waals surface area contributed by atoms with Crippen LogP contribution in [0.1, 0.15) is 21.5 Å². The molecule has 0 saturated carbocycles. The Labute approximate surface area is 112 Å². The van der Waals surface area contributed by atoms with Crippen molar-refractivity contribution in [1.29, 1.82) is 0 Å². The molecule has 0 saturated heterocycles. The lowest BCUT2D eigenvalue weighted by atomic mass is 10.1. The van der Waals surface area contributed by atoms with Crippen molar-refractivity contribution in [3.8, 4) is 0 Å². The number of aryl methyl sites for hydroxylation is 1. The first-order chi connectivity index (χ1) is 8.66. The zero-order chi connectivity index (χ0) is 13.0. The first-order valence-corrected chi connectivity index (χ1v) is 6.08. The molecule has 0 bridgehead atoms. The number of ketones is 1. The van der Waals surface area contributed by atoms with Gasteiger partial charge >= 0.3 is 0 Å². The summed E-state index contributed by atoms with van der Waals surface area (Å²) in [5, 5.41) is 0.483. The molecule has 2 aromatic carbocycles. The van der Waals surface area contributed by atoms with E-state index in [1.165, 1.54) is 5.56 Å². The number of allylic oxidation sites excluding steroid dienone is 1. The molecular weight excluding hydrogens is 244 g/mol. The molecule has 90 valence electrons. The number of halogens is 1. The molecule has 18 heavy (non-hydrogen) atoms. The summed E-state index contributed by atoms with van der Waals surface area (Å²) in [6, 6.07) is 15.0. The summed E-state index contributed by atoms with van der Waals surface area (Å²) in [5.74, 6) is -0.0814. The van der Waals surface area contributed by atoms with Gasteiger partial charge in [-0.3, -0.25) is 4.79 Å². The van der Waals surface area contributed by atoms with Gasteiger partial charge in [0.15, 0.2) is 5.78 Å². The van der Waals surface area contributed by atoms with Crippen molar-refractivity contribution in [1.82, 2.24) is 0 Å². The Hall–Kier alpha value is -1.86. The van der Waals surface area contributed by atoms with E-state index < -0.39 is 0 Å². The quantitative estimate of drug-likeness (QED) is 0.582. The fraction of sp³-hybridized carbons (Fsp3) is 0.0625. The highest BCUT2D eigenvalue weighted by Gasteiger charge is 2.05. The van der Waals surface area contributed by atoms with Gasteiger partial charge in [-0.1, -0.05) is 59.6 Å². The van der Waals surface area contributed by atoms with Crippen LogP contribution in [0.3, 0.4) is 0 Å². The van der Waals surface area contributed by atoms with E-state index in [1.54, 1.807) is 30.4 Å². The van der Waals surface area contributed by atoms with Crippen molar-refractivity contribution >= 4 is 23.5 Å². The minimum atomic E-state index is -0.0814. The summed E-state index contributed by atoms with van der Waals surface area (Å²) in [5.41, 5.74) is 2.71. The van der Waals surface area contributed by atoms with Gasteiger partial charge in [-0.05, 0) is 30.7 Å². The highest BCUT2D eigenvalue weighted by Crippen LogP contribution is 2.16. The zero-order valence-electron chi connectivity index (χ0n) is 10.1. The van der Waals surface area contributed by atoms with E-state index in [9.17, 15) is 4.79 Å². The number of rotatable bonds is 3. The Bertz CT molecular complexity index is 600. The first-order valence-electron chi connectivity index (χ1n) is 5.70. The lowest BCUT2D eigenvalue weighted by Gasteiger charge is -1.99. The molecule has 2 heteroatoms. The van der Waals surface area contributed by atoms with Crippen LogP contribution < -0.4 is 0 Å². The molecule has 0 fully saturated rings. The number of hydrogen-bond acceptors (Lipinski definition) is 1. The lowest BCUT2D eigenvalue weighted by Crippen LogP contribution is -1.94. The third-order valence-corrected chi connectivity index (χ3v) is 2.94. The lowest BCUT2D eigenvalue weighted by molar-refractivity contribution is 0.104. The van der Waals surface area contributed by atoms with E-state index in [0.29, 0.717) is 10.6 Å². The third kappa shape index (κ3) is 3.08. The van der Waals surface area contributed by atoms with Crippen LogP contribution in [0.15, 0.2) is 54.6 Å². The summed E-state index contributed by atoms with van der Waals surface area (Å²) in [7, 11) is 0. The summed E-state index contributed by atoms with van der Waals surface area (Å²) < 4.78 is 0. The fourth-order valence-electron chi connectivity index (χ4n) is 1.70. The Morgan fingerprint density at radius 2 is 1.89 bits per heavy atom. The smallest absolute Gasteiger partial charge is 0.187 e. The molecule has 0 heterocycles. The van der Waals surface area contributed by atoms with Crippen molar-refractivity contribution in [2.24, 2.45) is 0 Å². The molecule has 0 unspecified atom stereocenters. The van der Waals surface area contributed by atoms with E-state index in [2.05, 4.69) is 0 Å². The number of hydrogen-bond donors (Lipinski definition) is 0. The molecule has 0 N–H and O–H groups in total. The maximum atomic E-state index is 12.0. The normalized spacial score (nSPS) is 10.8. The monoisotopic (exact) mass is 256 g/mol. The first kappa shape index (κ1) is 12.6. The molecule has 0 aromatic heterocycles. The molecule has 1 nitrogen and oxygen atoms in total. The predicted octanol–water partition coefficient (Wildman–Crippen LogP) is 4.54. The standard InChI is InChI=1S/C16H13ClO/c1-12-5-4-6-13(11-12)9-10-16(18)14-7-2-3-8-15(14)17/h2-11H,1H3/b10-9+. The Balaban J connectivity index is 2.20. The van der Waals surface area contributed by atoms with Crippen LogP contribution in [-0.2, 0) is 0 Å². The Kier molecular flexibility index (Phi) is 3.96. The van der Waals surface area contributed by atoms with Crippen LogP contribution >= 0.6 is 11.6 Å². The molecule has 0 amide bonds. The van der Waals surface area contributed by atoms with Gasteiger partial charge in [0, 0.05) is 5.56 Å². The SMILES string of the molecule is Cc1cccc(/C=C/C(=O)c2ccccc2Cl)c1. The second-order valence-corrected chi connectivity index (χ2v) is 4.50. The number of carbonyl (C=O) groups is 1. The number of carbonyl (C=O) groups excluding carboxylic acids is 1. The molecule has 0 radical (unpaired) electrons. The van der Waals surface area contributed by atoms with Crippen LogP contribution in [0.5, 0.6) is 0 Å². The maximum Gasteiger partial charge on any atom is 0.187 e. The van der Waals surface area contributed by atoms with E-state index in [1.807, 2.05) is 37.3 Å². The molecular formula is C16H13ClO. The van der Waals surface area contributed by atoms with Gasteiger partial charge in [-0.15, -0.1) is 0 Å². The molecule has 0 aliphatic carbocycles. The van der Waals surface area contributed by atoms with E-state index in [4.69, 9.17) is 11.6 Å². The summed E-state index contributed by atoms with van der Waals surface area (Å²) in [6.45, 7) is 2.02. The van der Waals surface area contributed by atoms with Gasteiger partial charge in [0.25, 0.3) is 0 Å². The van der Waals surface area contributed by atoms with Crippen LogP contribution in [0.25, 0.3) is 6.08 Å². The van der Waals surface area contributed by atoms with Crippen LogP contribution in [0, 0.1) is 6.92 Å². The maximum absolute atomic E-state index is 12.0. The second kappa shape index (κ2) is 5.65. The van der Waals surface area contributed by atoms with Gasteiger partial charge in [0.05, 0.1) is 5.02 Å². The highest BCUT2D eigenvalue weighted by atomic mass is 35.5. The van der Waals surface area contributed by atoms with Crippen molar-refractivity contribution in [2.45, 2.75) is 6.92 Å². The molecule has 2 rings (SSSR count). The van der Waals surface area contributed by atoms with Crippen molar-refractivity contribution in [3.63, 3.8) is 0 Å². The van der Waals surface area contributed by atoms with E-state index in [0.717, 1.165) is 5.56 Å². The summed E-state index contributed by atoms with van der Waals surface area (Å²) in [4.78, 5) is 12.0. The largest absolute Gasteiger partial charge is 0.289 e. The van der Waals surface area contributed by atoms with Crippen LogP contribution in [-0.4, -0.2) is 5.78 Å². The fourth-order valence-corrected chi connectivity index (χ4v) is 1.93. The average Bonchev–Trinajstić information content (AvgIpc) is 2.37. The van der Waals surface area contributed by atoms with Crippen molar-refractivity contribution in [3.05, 3.63) is 76.3 Å². The van der Waals surface area contributed by atoms with Gasteiger partial charge in [0.1, 0.15) is 0 Å². The van der Waals surface area contributed by atoms with Crippen molar-refractivity contribution in [2.75, 3.05) is 0 Å². The summed E-state index contributed by atoms with van der Waals surface area (Å²) in [6.07, 6.45) is 3.36. The van der Waals surface area contributed by atoms with Gasteiger partial charge < -0.3 is 0 Å². The minimum Gasteiger partial charge on any atom is -0.289 e. The molecule has 2 aromatic rings. The summed E-state index contributed by atoms with van der Waals surface area (Å²) >= 11 is 5.97. The van der Waals surface area contributed by atoms with Gasteiger partial charge in [-0.2, -0.15) is 0 Å². The molecule has 0 aliphatic heterocycles. The molecule has 0 aliphatic rings. The third-order valence-electron chi connectivity index (χ3n) is 2.61. The topological polar surface area (TPSA) is 17.1 Å². The minimum absolute atomic E-state index is 0.0814. The van der Waals surface area contributed by atoms with E-state index in [-0.39, 0.29) is 5.78 Å². The predicted molar refractivity (Wildman–Crippen MR) is 76.0 cm³/mol. The highest BCUT2D eigenvalue weighted by molar-refractivity contribution is 6.34. The van der Waals surface area contributed by atoms with Gasteiger partial charge in [-0.25, -0.2) is 0 Å². The Morgan fingerprint density at radius 1 is 1.11 bits per heavy atom. The average molecular weight is 257 g/mol. The van der Waals surface area contributed by atoms with Crippen LogP contribution in [0.2, 0.25) is 5.02 Å². The molecule has 0 atom stereocenters. The second-order valence-electron chi connectivity index (χ2n) is 4.09. The molecule has 0 spiro atoms. The van der Waals surface area contributed by atoms with Crippen molar-refractivity contribution < 1.29 is 4.79 Å². The van der Waals surface area contributed by atoms with Gasteiger partial charge in [0.2, 0.25) is 0 Å². The van der Waals surface area contributed by atoms with Crippen LogP contribution in [0.4, 0.5) is 0 Å². The number of benzene rings is 2. The van der Waals surface area contributed by atoms with E-state index >= 15 is 0 Å². The zero-order valence-corrected chi connectivity index (χ0v) is 10.8.